The number of aliphatic hydroxyl groups is 1. The first-order valence-electron chi connectivity index (χ1n) is 9.34. The van der Waals surface area contributed by atoms with Crippen molar-refractivity contribution in [2.75, 3.05) is 7.11 Å². The highest BCUT2D eigenvalue weighted by molar-refractivity contribution is 6.46. The van der Waals surface area contributed by atoms with Crippen molar-refractivity contribution in [3.05, 3.63) is 88.3 Å². The maximum Gasteiger partial charge on any atom is 0.296 e. The normalized spacial score (nSPS) is 17.9. The summed E-state index contributed by atoms with van der Waals surface area (Å²) in [6.07, 6.45) is 1.47. The number of ketones is 1. The van der Waals surface area contributed by atoms with Gasteiger partial charge in [0.2, 0.25) is 0 Å². The molecule has 8 heteroatoms. The largest absolute Gasteiger partial charge is 0.507 e. The molecule has 0 spiro atoms. The zero-order valence-electron chi connectivity index (χ0n) is 16.4. The molecule has 1 aliphatic heterocycles. The van der Waals surface area contributed by atoms with E-state index < -0.39 is 17.7 Å². The highest BCUT2D eigenvalue weighted by atomic mass is 35.5. The number of ether oxygens (including phenoxy) is 1. The van der Waals surface area contributed by atoms with E-state index in [0.29, 0.717) is 21.9 Å². The second-order valence-electron chi connectivity index (χ2n) is 6.94. The van der Waals surface area contributed by atoms with E-state index in [1.807, 2.05) is 0 Å². The van der Waals surface area contributed by atoms with Crippen molar-refractivity contribution in [1.29, 1.82) is 0 Å². The average molecular weight is 440 g/mol. The number of nitrogens with zero attached hydrogens (tertiary/aromatic N) is 1. The van der Waals surface area contributed by atoms with E-state index in [0.717, 1.165) is 0 Å². The topological polar surface area (TPSA) is 100 Å². The zero-order chi connectivity index (χ0) is 22.1. The number of methoxy groups -OCH3 is 1. The van der Waals surface area contributed by atoms with Crippen molar-refractivity contribution in [3.8, 4) is 11.5 Å². The molecular formula is C23H18ClNO6. The van der Waals surface area contributed by atoms with E-state index in [1.54, 1.807) is 42.5 Å². The van der Waals surface area contributed by atoms with E-state index >= 15 is 0 Å². The first-order valence-corrected chi connectivity index (χ1v) is 9.72. The molecule has 0 unspecified atom stereocenters. The van der Waals surface area contributed by atoms with Crippen molar-refractivity contribution in [2.45, 2.75) is 12.6 Å². The molecule has 1 atom stereocenters. The molecule has 1 amide bonds. The lowest BCUT2D eigenvalue weighted by Crippen LogP contribution is -2.29. The van der Waals surface area contributed by atoms with E-state index in [4.69, 9.17) is 20.8 Å². The fourth-order valence-corrected chi connectivity index (χ4v) is 3.71. The summed E-state index contributed by atoms with van der Waals surface area (Å²) in [5.41, 5.74) is 0.749. The number of amides is 1. The number of Topliss-reactive ketones (excluding diaryl/α,β-unsaturated/α-hetero) is 1. The van der Waals surface area contributed by atoms with Gasteiger partial charge in [0, 0.05) is 10.6 Å². The molecule has 1 aromatic heterocycles. The summed E-state index contributed by atoms with van der Waals surface area (Å²) < 4.78 is 10.5. The van der Waals surface area contributed by atoms with Gasteiger partial charge in [-0.1, -0.05) is 17.7 Å². The van der Waals surface area contributed by atoms with Crippen LogP contribution in [0.5, 0.6) is 11.5 Å². The Bertz CT molecular complexity index is 1170. The molecule has 0 aliphatic carbocycles. The minimum atomic E-state index is -0.921. The summed E-state index contributed by atoms with van der Waals surface area (Å²) >= 11 is 5.93. The Hall–Kier alpha value is -3.71. The number of rotatable bonds is 5. The number of benzene rings is 2. The van der Waals surface area contributed by atoms with Crippen molar-refractivity contribution < 1.29 is 29.0 Å². The fourth-order valence-electron chi connectivity index (χ4n) is 3.59. The molecule has 7 nitrogen and oxygen atoms in total. The first-order chi connectivity index (χ1) is 14.9. The lowest BCUT2D eigenvalue weighted by atomic mass is 9.95. The molecule has 0 radical (unpaired) electrons. The zero-order valence-corrected chi connectivity index (χ0v) is 17.2. The Morgan fingerprint density at radius 2 is 1.90 bits per heavy atom. The van der Waals surface area contributed by atoms with E-state index in [-0.39, 0.29) is 29.4 Å². The van der Waals surface area contributed by atoms with Crippen LogP contribution in [0.1, 0.15) is 22.9 Å². The summed E-state index contributed by atoms with van der Waals surface area (Å²) in [5.74, 6) is -1.36. The molecule has 0 saturated carbocycles. The maximum atomic E-state index is 13.0. The summed E-state index contributed by atoms with van der Waals surface area (Å²) in [7, 11) is 1.40. The van der Waals surface area contributed by atoms with Crippen LogP contribution >= 0.6 is 11.6 Å². The highest BCUT2D eigenvalue weighted by Gasteiger charge is 2.46. The van der Waals surface area contributed by atoms with E-state index in [2.05, 4.69) is 0 Å². The minimum absolute atomic E-state index is 0.0167. The number of carbonyl (C=O) groups is 2. The molecule has 158 valence electrons. The fraction of sp³-hybridized carbons (Fsp3) is 0.130. The standard InChI is InChI=1S/C23H18ClNO6/c1-30-18-11-14(6-9-17(18)26)20-19(21(27)13-4-7-15(24)8-5-13)22(28)23(29)25(20)12-16-3-2-10-31-16/h2-11,20,26-27H,12H2,1H3/b21-19+/t20-/m0/s1. The maximum absolute atomic E-state index is 13.0. The summed E-state index contributed by atoms with van der Waals surface area (Å²) in [6.45, 7) is 0.0167. The number of phenols is 1. The molecule has 2 aromatic carbocycles. The van der Waals surface area contributed by atoms with Gasteiger partial charge in [0.05, 0.1) is 31.5 Å². The Morgan fingerprint density at radius 3 is 2.55 bits per heavy atom. The first kappa shape index (κ1) is 20.6. The van der Waals surface area contributed by atoms with Crippen LogP contribution in [0.4, 0.5) is 0 Å². The number of carbonyl (C=O) groups excluding carboxylic acids is 2. The lowest BCUT2D eigenvalue weighted by molar-refractivity contribution is -0.140. The summed E-state index contributed by atoms with van der Waals surface area (Å²) in [6, 6.07) is 13.2. The van der Waals surface area contributed by atoms with Crippen LogP contribution in [-0.2, 0) is 16.1 Å². The van der Waals surface area contributed by atoms with Gasteiger partial charge in [-0.15, -0.1) is 0 Å². The molecule has 1 saturated heterocycles. The SMILES string of the molecule is COc1cc([C@H]2/C(=C(\O)c3ccc(Cl)cc3)C(=O)C(=O)N2Cc2ccco2)ccc1O. The molecule has 0 bridgehead atoms. The van der Waals surface area contributed by atoms with Gasteiger partial charge >= 0.3 is 0 Å². The monoisotopic (exact) mass is 439 g/mol. The Morgan fingerprint density at radius 1 is 1.16 bits per heavy atom. The third kappa shape index (κ3) is 3.75. The van der Waals surface area contributed by atoms with Crippen LogP contribution in [-0.4, -0.2) is 33.9 Å². The number of hydrogen-bond donors (Lipinski definition) is 2. The number of hydrogen-bond acceptors (Lipinski definition) is 6. The van der Waals surface area contributed by atoms with Gasteiger partial charge in [-0.05, 0) is 54.1 Å². The van der Waals surface area contributed by atoms with Gasteiger partial charge in [-0.2, -0.15) is 0 Å². The van der Waals surface area contributed by atoms with Crippen molar-refractivity contribution in [2.24, 2.45) is 0 Å². The Kier molecular flexibility index (Phi) is 5.44. The quantitative estimate of drug-likeness (QED) is 0.350. The molecule has 31 heavy (non-hydrogen) atoms. The van der Waals surface area contributed by atoms with Crippen molar-refractivity contribution >= 4 is 29.1 Å². The number of aliphatic hydroxyl groups excluding tert-OH is 1. The van der Waals surface area contributed by atoms with Gasteiger partial charge in [0.15, 0.2) is 11.5 Å². The Labute approximate surface area is 182 Å². The molecule has 2 heterocycles. The second-order valence-corrected chi connectivity index (χ2v) is 7.38. The Balaban J connectivity index is 1.89. The summed E-state index contributed by atoms with van der Waals surface area (Å²) in [5, 5.41) is 21.4. The molecular weight excluding hydrogens is 422 g/mol. The summed E-state index contributed by atoms with van der Waals surface area (Å²) in [4.78, 5) is 27.2. The lowest BCUT2D eigenvalue weighted by Gasteiger charge is -2.25. The van der Waals surface area contributed by atoms with Gasteiger partial charge < -0.3 is 24.3 Å². The third-order valence-corrected chi connectivity index (χ3v) is 5.34. The highest BCUT2D eigenvalue weighted by Crippen LogP contribution is 2.42. The van der Waals surface area contributed by atoms with Crippen LogP contribution in [0, 0.1) is 0 Å². The van der Waals surface area contributed by atoms with Crippen LogP contribution in [0.25, 0.3) is 5.76 Å². The van der Waals surface area contributed by atoms with Crippen LogP contribution < -0.4 is 4.74 Å². The van der Waals surface area contributed by atoms with E-state index in [9.17, 15) is 19.8 Å². The average Bonchev–Trinajstić information content (AvgIpc) is 3.37. The van der Waals surface area contributed by atoms with Crippen LogP contribution in [0.15, 0.2) is 70.9 Å². The predicted octanol–water partition coefficient (Wildman–Crippen LogP) is 4.27. The number of aromatic hydroxyl groups is 1. The number of halogens is 1. The predicted molar refractivity (Wildman–Crippen MR) is 113 cm³/mol. The van der Waals surface area contributed by atoms with Crippen LogP contribution in [0.2, 0.25) is 5.02 Å². The van der Waals surface area contributed by atoms with Gasteiger partial charge in [-0.3, -0.25) is 9.59 Å². The second kappa shape index (κ2) is 8.20. The molecule has 3 aromatic rings. The van der Waals surface area contributed by atoms with Gasteiger partial charge in [-0.25, -0.2) is 0 Å². The smallest absolute Gasteiger partial charge is 0.296 e. The van der Waals surface area contributed by atoms with Gasteiger partial charge in [0.1, 0.15) is 11.5 Å². The molecule has 1 aliphatic rings. The number of phenolic OH excluding ortho intramolecular Hbond substituents is 1. The van der Waals surface area contributed by atoms with Gasteiger partial charge in [0.25, 0.3) is 11.7 Å². The molecule has 4 rings (SSSR count). The van der Waals surface area contributed by atoms with Crippen molar-refractivity contribution in [1.82, 2.24) is 4.90 Å². The third-order valence-electron chi connectivity index (χ3n) is 5.08. The number of furan rings is 1. The minimum Gasteiger partial charge on any atom is -0.507 e. The van der Waals surface area contributed by atoms with Crippen LogP contribution in [0.3, 0.4) is 0 Å². The molecule has 1 fully saturated rings. The molecule has 2 N–H and O–H groups in total. The van der Waals surface area contributed by atoms with Crippen molar-refractivity contribution in [3.63, 3.8) is 0 Å². The van der Waals surface area contributed by atoms with E-state index in [1.165, 1.54) is 30.4 Å². The number of likely N-dealkylation sites (tertiary alicyclic amines) is 1.